The molecule has 9 heavy (non-hydrogen) atoms. The third kappa shape index (κ3) is 1.31. The Hall–Kier alpha value is -0.790. The molecule has 50 valence electrons. The molecule has 0 amide bonds. The summed E-state index contributed by atoms with van der Waals surface area (Å²) in [5, 5.41) is 0. The summed E-state index contributed by atoms with van der Waals surface area (Å²) in [4.78, 5) is 10.6. The first-order chi connectivity index (χ1) is 4.20. The highest BCUT2D eigenvalue weighted by Crippen LogP contribution is 2.21. The molecule has 1 fully saturated rings. The van der Waals surface area contributed by atoms with Gasteiger partial charge in [0.1, 0.15) is 0 Å². The molecule has 0 unspecified atom stereocenters. The molecule has 1 aliphatic rings. The lowest BCUT2D eigenvalue weighted by atomic mass is 10.2. The quantitative estimate of drug-likeness (QED) is 0.528. The summed E-state index contributed by atoms with van der Waals surface area (Å²) < 4.78 is 5.08. The number of ether oxygens (including phenoxy) is 1. The van der Waals surface area contributed by atoms with Gasteiger partial charge in [-0.15, -0.1) is 0 Å². The van der Waals surface area contributed by atoms with E-state index in [1.807, 2.05) is 0 Å². The first kappa shape index (κ1) is 6.33. The third-order valence-electron chi connectivity index (χ3n) is 1.45. The van der Waals surface area contributed by atoms with Gasteiger partial charge in [0.2, 0.25) is 0 Å². The predicted molar refractivity (Wildman–Crippen MR) is 33.9 cm³/mol. The molecule has 0 N–H and O–H groups in total. The summed E-state index contributed by atoms with van der Waals surface area (Å²) in [5.41, 5.74) is 0. The molecule has 0 aromatic rings. The fraction of sp³-hybridized carbons (Fsp3) is 0.571. The maximum atomic E-state index is 10.6. The fourth-order valence-electron chi connectivity index (χ4n) is 0.897. The lowest BCUT2D eigenvalue weighted by Crippen LogP contribution is -2.14. The maximum absolute atomic E-state index is 10.6. The zero-order valence-electron chi connectivity index (χ0n) is 5.52. The normalized spacial score (nSPS) is 25.9. The van der Waals surface area contributed by atoms with E-state index in [2.05, 4.69) is 6.58 Å². The van der Waals surface area contributed by atoms with Crippen LogP contribution in [0.4, 0.5) is 0 Å². The van der Waals surface area contributed by atoms with Gasteiger partial charge in [-0.05, 0) is 13.3 Å². The monoisotopic (exact) mass is 126 g/mol. The minimum atomic E-state index is -0.197. The van der Waals surface area contributed by atoms with Gasteiger partial charge in [0.15, 0.2) is 11.9 Å². The van der Waals surface area contributed by atoms with Gasteiger partial charge in [0, 0.05) is 6.42 Å². The van der Waals surface area contributed by atoms with Crippen LogP contribution in [0.2, 0.25) is 0 Å². The van der Waals surface area contributed by atoms with Crippen molar-refractivity contribution < 1.29 is 9.53 Å². The van der Waals surface area contributed by atoms with Crippen LogP contribution in [0.1, 0.15) is 19.8 Å². The van der Waals surface area contributed by atoms with Crippen LogP contribution < -0.4 is 0 Å². The van der Waals surface area contributed by atoms with E-state index in [-0.39, 0.29) is 11.9 Å². The van der Waals surface area contributed by atoms with E-state index in [0.717, 1.165) is 18.6 Å². The molecule has 2 nitrogen and oxygen atoms in total. The Labute approximate surface area is 54.5 Å². The summed E-state index contributed by atoms with van der Waals surface area (Å²) in [7, 11) is 0. The Morgan fingerprint density at radius 2 is 2.56 bits per heavy atom. The molecule has 0 saturated carbocycles. The summed E-state index contributed by atoms with van der Waals surface area (Å²) in [6, 6.07) is 0. The van der Waals surface area contributed by atoms with E-state index in [1.165, 1.54) is 0 Å². The van der Waals surface area contributed by atoms with Crippen molar-refractivity contribution in [2.75, 3.05) is 0 Å². The summed E-state index contributed by atoms with van der Waals surface area (Å²) in [5.74, 6) is 0.851. The minimum absolute atomic E-state index is 0.105. The second kappa shape index (κ2) is 2.21. The van der Waals surface area contributed by atoms with Gasteiger partial charge in [0.25, 0.3) is 0 Å². The van der Waals surface area contributed by atoms with E-state index in [9.17, 15) is 4.79 Å². The van der Waals surface area contributed by atoms with E-state index < -0.39 is 0 Å². The molecule has 0 aliphatic carbocycles. The molecule has 2 heteroatoms. The number of hydrogen-bond donors (Lipinski definition) is 0. The van der Waals surface area contributed by atoms with E-state index in [0.29, 0.717) is 0 Å². The first-order valence-corrected chi connectivity index (χ1v) is 3.05. The van der Waals surface area contributed by atoms with E-state index >= 15 is 0 Å². The van der Waals surface area contributed by atoms with Gasteiger partial charge in [-0.25, -0.2) is 0 Å². The van der Waals surface area contributed by atoms with Crippen molar-refractivity contribution in [2.24, 2.45) is 0 Å². The Morgan fingerprint density at radius 3 is 2.78 bits per heavy atom. The van der Waals surface area contributed by atoms with Crippen molar-refractivity contribution in [3.05, 3.63) is 12.3 Å². The second-order valence-electron chi connectivity index (χ2n) is 2.29. The Kier molecular flexibility index (Phi) is 1.56. The van der Waals surface area contributed by atoms with Gasteiger partial charge in [-0.1, -0.05) is 6.58 Å². The first-order valence-electron chi connectivity index (χ1n) is 3.05. The highest BCUT2D eigenvalue weighted by Gasteiger charge is 2.22. The molecular formula is C7H10O2. The van der Waals surface area contributed by atoms with Gasteiger partial charge < -0.3 is 4.74 Å². The molecule has 1 aliphatic heterocycles. The predicted octanol–water partition coefficient (Wildman–Crippen LogP) is 1.27. The third-order valence-corrected chi connectivity index (χ3v) is 1.45. The van der Waals surface area contributed by atoms with Crippen molar-refractivity contribution in [2.45, 2.75) is 25.9 Å². The van der Waals surface area contributed by atoms with Crippen LogP contribution in [0.15, 0.2) is 12.3 Å². The number of Topliss-reactive ketones (excluding diaryl/α,β-unsaturated/α-hetero) is 1. The molecule has 0 aromatic heterocycles. The van der Waals surface area contributed by atoms with E-state index in [1.54, 1.807) is 6.92 Å². The fourth-order valence-corrected chi connectivity index (χ4v) is 0.897. The van der Waals surface area contributed by atoms with Gasteiger partial charge in [0.05, 0.1) is 5.76 Å². The largest absolute Gasteiger partial charge is 0.488 e. The number of hydrogen-bond acceptors (Lipinski definition) is 2. The van der Waals surface area contributed by atoms with Crippen LogP contribution >= 0.6 is 0 Å². The van der Waals surface area contributed by atoms with Crippen LogP contribution in [0.25, 0.3) is 0 Å². The van der Waals surface area contributed by atoms with Crippen molar-refractivity contribution in [1.82, 2.24) is 0 Å². The Balaban J connectivity index is 2.48. The lowest BCUT2D eigenvalue weighted by molar-refractivity contribution is -0.124. The molecule has 0 radical (unpaired) electrons. The highest BCUT2D eigenvalue weighted by molar-refractivity contribution is 5.80. The van der Waals surface area contributed by atoms with Crippen LogP contribution in [-0.2, 0) is 9.53 Å². The maximum Gasteiger partial charge on any atom is 0.170 e. The zero-order chi connectivity index (χ0) is 6.85. The minimum Gasteiger partial charge on any atom is -0.488 e. The molecule has 1 atom stereocenters. The van der Waals surface area contributed by atoms with Crippen LogP contribution in [0.3, 0.4) is 0 Å². The SMILES string of the molecule is C=C1CC[C@@H](C(C)=O)O1. The lowest BCUT2D eigenvalue weighted by Gasteiger charge is -2.03. The smallest absolute Gasteiger partial charge is 0.170 e. The van der Waals surface area contributed by atoms with Crippen LogP contribution in [0.5, 0.6) is 0 Å². The molecule has 1 heterocycles. The van der Waals surface area contributed by atoms with Crippen molar-refractivity contribution in [3.8, 4) is 0 Å². The summed E-state index contributed by atoms with van der Waals surface area (Å²) in [6.45, 7) is 5.16. The van der Waals surface area contributed by atoms with Crippen molar-refractivity contribution >= 4 is 5.78 Å². The number of carbonyl (C=O) groups excluding carboxylic acids is 1. The molecule has 1 saturated heterocycles. The molecule has 0 bridgehead atoms. The zero-order valence-corrected chi connectivity index (χ0v) is 5.52. The van der Waals surface area contributed by atoms with Gasteiger partial charge in [-0.3, -0.25) is 4.79 Å². The summed E-state index contributed by atoms with van der Waals surface area (Å²) in [6.07, 6.45) is 1.45. The molecule has 0 spiro atoms. The summed E-state index contributed by atoms with van der Waals surface area (Å²) >= 11 is 0. The number of carbonyl (C=O) groups is 1. The average Bonchev–Trinajstić information content (AvgIpc) is 2.14. The van der Waals surface area contributed by atoms with Crippen LogP contribution in [-0.4, -0.2) is 11.9 Å². The molecule has 1 rings (SSSR count). The van der Waals surface area contributed by atoms with Crippen molar-refractivity contribution in [1.29, 1.82) is 0 Å². The van der Waals surface area contributed by atoms with Gasteiger partial charge >= 0.3 is 0 Å². The average molecular weight is 126 g/mol. The number of ketones is 1. The molecule has 0 aromatic carbocycles. The standard InChI is InChI=1S/C7H10O2/c1-5-3-4-7(9-5)6(2)8/h7H,1,3-4H2,2H3/t7-/m0/s1. The highest BCUT2D eigenvalue weighted by atomic mass is 16.5. The van der Waals surface area contributed by atoms with Crippen molar-refractivity contribution in [3.63, 3.8) is 0 Å². The Morgan fingerprint density at radius 1 is 1.89 bits per heavy atom. The number of allylic oxidation sites excluding steroid dienone is 1. The van der Waals surface area contributed by atoms with Crippen LogP contribution in [0, 0.1) is 0 Å². The topological polar surface area (TPSA) is 26.3 Å². The second-order valence-corrected chi connectivity index (χ2v) is 2.29. The number of rotatable bonds is 1. The Bertz CT molecular complexity index is 149. The van der Waals surface area contributed by atoms with Gasteiger partial charge in [-0.2, -0.15) is 0 Å². The molecular weight excluding hydrogens is 116 g/mol. The van der Waals surface area contributed by atoms with E-state index in [4.69, 9.17) is 4.74 Å².